The molecule has 0 radical (unpaired) electrons. The molecular formula is C22H23FN4O2. The number of likely N-dealkylation sites (tertiary alicyclic amines) is 1. The number of rotatable bonds is 6. The highest BCUT2D eigenvalue weighted by molar-refractivity contribution is 5.94. The van der Waals surface area contributed by atoms with Gasteiger partial charge in [0, 0.05) is 37.5 Å². The Bertz CT molecular complexity index is 932. The lowest BCUT2D eigenvalue weighted by atomic mass is 10.1. The van der Waals surface area contributed by atoms with Gasteiger partial charge in [0.05, 0.1) is 0 Å². The van der Waals surface area contributed by atoms with Gasteiger partial charge in [-0.25, -0.2) is 9.37 Å². The van der Waals surface area contributed by atoms with Crippen LogP contribution in [0, 0.1) is 23.6 Å². The lowest BCUT2D eigenvalue weighted by molar-refractivity contribution is -0.116. The molecule has 6 nitrogen and oxygen atoms in total. The van der Waals surface area contributed by atoms with Crippen molar-refractivity contribution in [1.29, 1.82) is 0 Å². The Labute approximate surface area is 168 Å². The molecule has 2 amide bonds. The molecular weight excluding hydrogens is 371 g/mol. The Morgan fingerprint density at radius 1 is 1.24 bits per heavy atom. The minimum Gasteiger partial charge on any atom is -0.384 e. The highest BCUT2D eigenvalue weighted by atomic mass is 19.1. The van der Waals surface area contributed by atoms with Crippen LogP contribution in [-0.4, -0.2) is 41.3 Å². The zero-order chi connectivity index (χ0) is 20.4. The van der Waals surface area contributed by atoms with E-state index in [-0.39, 0.29) is 11.8 Å². The largest absolute Gasteiger partial charge is 0.384 e. The quantitative estimate of drug-likeness (QED) is 0.736. The van der Waals surface area contributed by atoms with Gasteiger partial charge in [0.25, 0.3) is 5.91 Å². The summed E-state index contributed by atoms with van der Waals surface area (Å²) in [4.78, 5) is 30.2. The Morgan fingerprint density at radius 3 is 2.72 bits per heavy atom. The average Bonchev–Trinajstić information content (AvgIpc) is 3.16. The van der Waals surface area contributed by atoms with Crippen molar-refractivity contribution in [2.24, 2.45) is 17.8 Å². The summed E-state index contributed by atoms with van der Waals surface area (Å²) in [7, 11) is 0. The standard InChI is InChI=1S/C22H23FN4O2/c23-16-3-1-2-15(10-16)22(29)27-12-18-17(19(18)13-27)8-9-25-21(28)7-5-14-4-6-20(24)26-11-14/h1-7,10-11,17-19H,8-9,12-13H2,(H2,24,26)(H,25,28)/b7-5+/t17?,18-,19+. The first kappa shape index (κ1) is 19.1. The predicted octanol–water partition coefficient (Wildman–Crippen LogP) is 2.34. The number of benzene rings is 1. The second-order valence-electron chi connectivity index (χ2n) is 7.64. The number of nitrogens with zero attached hydrogens (tertiary/aromatic N) is 2. The third-order valence-corrected chi connectivity index (χ3v) is 5.74. The zero-order valence-electron chi connectivity index (χ0n) is 15.9. The molecule has 0 bridgehead atoms. The molecule has 29 heavy (non-hydrogen) atoms. The molecule has 0 spiro atoms. The first-order valence-electron chi connectivity index (χ1n) is 9.73. The van der Waals surface area contributed by atoms with E-state index in [2.05, 4.69) is 10.3 Å². The maximum Gasteiger partial charge on any atom is 0.253 e. The monoisotopic (exact) mass is 394 g/mol. The number of carbonyl (C=O) groups excluding carboxylic acids is 2. The molecule has 7 heteroatoms. The van der Waals surface area contributed by atoms with Crippen molar-refractivity contribution >= 4 is 23.7 Å². The fourth-order valence-corrected chi connectivity index (χ4v) is 4.16. The van der Waals surface area contributed by atoms with Gasteiger partial charge in [-0.2, -0.15) is 0 Å². The Hall–Kier alpha value is -3.22. The van der Waals surface area contributed by atoms with Gasteiger partial charge in [-0.3, -0.25) is 9.59 Å². The smallest absolute Gasteiger partial charge is 0.253 e. The lowest BCUT2D eigenvalue weighted by Crippen LogP contribution is -2.32. The van der Waals surface area contributed by atoms with Gasteiger partial charge in [-0.1, -0.05) is 6.07 Å². The number of hydrogen-bond acceptors (Lipinski definition) is 4. The van der Waals surface area contributed by atoms with Crippen molar-refractivity contribution in [2.75, 3.05) is 25.4 Å². The Kier molecular flexibility index (Phi) is 5.29. The molecule has 2 aliphatic rings. The lowest BCUT2D eigenvalue weighted by Gasteiger charge is -2.20. The molecule has 1 unspecified atom stereocenters. The molecule has 1 aliphatic heterocycles. The molecule has 1 aromatic heterocycles. The second-order valence-corrected chi connectivity index (χ2v) is 7.64. The number of nitrogens with two attached hydrogens (primary N) is 1. The molecule has 1 aliphatic carbocycles. The Morgan fingerprint density at radius 2 is 2.03 bits per heavy atom. The first-order valence-corrected chi connectivity index (χ1v) is 9.73. The van der Waals surface area contributed by atoms with Crippen LogP contribution in [0.2, 0.25) is 0 Å². The molecule has 150 valence electrons. The summed E-state index contributed by atoms with van der Waals surface area (Å²) in [5, 5.41) is 2.90. The third kappa shape index (κ3) is 4.45. The number of halogens is 1. The fourth-order valence-electron chi connectivity index (χ4n) is 4.16. The van der Waals surface area contributed by atoms with Crippen molar-refractivity contribution in [1.82, 2.24) is 15.2 Å². The number of pyridine rings is 1. The van der Waals surface area contributed by atoms with E-state index in [1.54, 1.807) is 36.5 Å². The van der Waals surface area contributed by atoms with Gasteiger partial charge >= 0.3 is 0 Å². The average molecular weight is 394 g/mol. The molecule has 2 heterocycles. The Balaban J connectivity index is 1.18. The van der Waals surface area contributed by atoms with Crippen LogP contribution >= 0.6 is 0 Å². The summed E-state index contributed by atoms with van der Waals surface area (Å²) in [6.45, 7) is 2.03. The number of carbonyl (C=O) groups is 2. The fraction of sp³-hybridized carbons (Fsp3) is 0.318. The molecule has 1 aromatic carbocycles. The van der Waals surface area contributed by atoms with Crippen LogP contribution < -0.4 is 11.1 Å². The first-order chi connectivity index (χ1) is 14.0. The number of piperidine rings is 1. The van der Waals surface area contributed by atoms with Gasteiger partial charge in [0.15, 0.2) is 0 Å². The van der Waals surface area contributed by atoms with E-state index in [0.29, 0.717) is 48.8 Å². The maximum atomic E-state index is 13.3. The normalized spacial score (nSPS) is 22.5. The summed E-state index contributed by atoms with van der Waals surface area (Å²) < 4.78 is 13.3. The summed E-state index contributed by atoms with van der Waals surface area (Å²) in [5.41, 5.74) is 6.75. The number of hydrogen-bond donors (Lipinski definition) is 2. The van der Waals surface area contributed by atoms with Crippen LogP contribution in [0.25, 0.3) is 6.08 Å². The van der Waals surface area contributed by atoms with Gasteiger partial charge in [0.1, 0.15) is 11.6 Å². The third-order valence-electron chi connectivity index (χ3n) is 5.74. The van der Waals surface area contributed by atoms with Crippen LogP contribution in [0.15, 0.2) is 48.7 Å². The number of nitrogens with one attached hydrogen (secondary N) is 1. The van der Waals surface area contributed by atoms with Crippen molar-refractivity contribution in [3.63, 3.8) is 0 Å². The van der Waals surface area contributed by atoms with E-state index in [1.807, 2.05) is 4.90 Å². The molecule has 2 aromatic rings. The molecule has 4 rings (SSSR count). The van der Waals surface area contributed by atoms with E-state index in [4.69, 9.17) is 5.73 Å². The van der Waals surface area contributed by atoms with Gasteiger partial charge in [-0.05, 0) is 66.1 Å². The van der Waals surface area contributed by atoms with Crippen molar-refractivity contribution in [3.8, 4) is 0 Å². The van der Waals surface area contributed by atoms with Crippen LogP contribution in [0.4, 0.5) is 10.2 Å². The van der Waals surface area contributed by atoms with Crippen molar-refractivity contribution in [3.05, 3.63) is 65.6 Å². The van der Waals surface area contributed by atoms with E-state index < -0.39 is 5.82 Å². The number of aromatic nitrogens is 1. The number of anilines is 1. The minimum absolute atomic E-state index is 0.106. The van der Waals surface area contributed by atoms with Crippen molar-refractivity contribution < 1.29 is 14.0 Å². The number of nitrogen functional groups attached to an aromatic ring is 1. The van der Waals surface area contributed by atoms with E-state index in [9.17, 15) is 14.0 Å². The zero-order valence-corrected chi connectivity index (χ0v) is 15.9. The van der Waals surface area contributed by atoms with Crippen molar-refractivity contribution in [2.45, 2.75) is 6.42 Å². The SMILES string of the molecule is Nc1ccc(/C=C/C(=O)NCCC2[C@H]3CN(C(=O)c4cccc(F)c4)C[C@@H]23)cn1. The molecule has 2 fully saturated rings. The van der Waals surface area contributed by atoms with E-state index in [0.717, 1.165) is 12.0 Å². The van der Waals surface area contributed by atoms with Gasteiger partial charge < -0.3 is 16.0 Å². The van der Waals surface area contributed by atoms with E-state index in [1.165, 1.54) is 18.2 Å². The van der Waals surface area contributed by atoms with Crippen LogP contribution in [0.5, 0.6) is 0 Å². The van der Waals surface area contributed by atoms with Gasteiger partial charge in [-0.15, -0.1) is 0 Å². The van der Waals surface area contributed by atoms with Crippen LogP contribution in [0.1, 0.15) is 22.3 Å². The number of fused-ring (bicyclic) bond motifs is 1. The maximum absolute atomic E-state index is 13.3. The van der Waals surface area contributed by atoms with Gasteiger partial charge in [0.2, 0.25) is 5.91 Å². The van der Waals surface area contributed by atoms with Crippen LogP contribution in [0.3, 0.4) is 0 Å². The summed E-state index contributed by atoms with van der Waals surface area (Å²) in [6.07, 6.45) is 5.70. The van der Waals surface area contributed by atoms with Crippen LogP contribution in [-0.2, 0) is 4.79 Å². The topological polar surface area (TPSA) is 88.3 Å². The highest BCUT2D eigenvalue weighted by Crippen LogP contribution is 2.53. The summed E-state index contributed by atoms with van der Waals surface area (Å²) in [6, 6.07) is 9.32. The second kappa shape index (κ2) is 8.03. The minimum atomic E-state index is -0.393. The summed E-state index contributed by atoms with van der Waals surface area (Å²) >= 11 is 0. The molecule has 3 N–H and O–H groups in total. The predicted molar refractivity (Wildman–Crippen MR) is 108 cm³/mol. The highest BCUT2D eigenvalue weighted by Gasteiger charge is 2.55. The summed E-state index contributed by atoms with van der Waals surface area (Å²) in [5.74, 6) is 1.31. The number of amides is 2. The molecule has 3 atom stereocenters. The molecule has 1 saturated heterocycles. The van der Waals surface area contributed by atoms with E-state index >= 15 is 0 Å². The molecule has 1 saturated carbocycles.